The summed E-state index contributed by atoms with van der Waals surface area (Å²) in [4.78, 5) is 29.1. The van der Waals surface area contributed by atoms with E-state index < -0.39 is 0 Å². The molecule has 24 heavy (non-hydrogen) atoms. The monoisotopic (exact) mass is 365 g/mol. The molecule has 1 aliphatic rings. The Hall–Kier alpha value is -1.34. The molecule has 0 bridgehead atoms. The molecule has 1 fully saturated rings. The maximum atomic E-state index is 12.4. The van der Waals surface area contributed by atoms with E-state index in [0.717, 1.165) is 12.1 Å². The van der Waals surface area contributed by atoms with E-state index in [1.54, 1.807) is 4.57 Å². The third-order valence-electron chi connectivity index (χ3n) is 4.49. The molecule has 1 amide bonds. The zero-order valence-corrected chi connectivity index (χ0v) is 15.5. The van der Waals surface area contributed by atoms with E-state index in [0.29, 0.717) is 28.1 Å². The van der Waals surface area contributed by atoms with Crippen LogP contribution in [0.2, 0.25) is 0 Å². The van der Waals surface area contributed by atoms with Crippen LogP contribution in [0.3, 0.4) is 0 Å². The number of hydrogen-bond donors (Lipinski definition) is 1. The second-order valence-corrected chi connectivity index (χ2v) is 8.03. The lowest BCUT2D eigenvalue weighted by Gasteiger charge is -2.21. The Kier molecular flexibility index (Phi) is 5.94. The normalized spacial score (nSPS) is 15.7. The van der Waals surface area contributed by atoms with E-state index in [-0.39, 0.29) is 11.5 Å². The van der Waals surface area contributed by atoms with Gasteiger partial charge >= 0.3 is 0 Å². The first-order valence-corrected chi connectivity index (χ1v) is 10.4. The van der Waals surface area contributed by atoms with Gasteiger partial charge in [-0.05, 0) is 37.1 Å². The summed E-state index contributed by atoms with van der Waals surface area (Å²) in [5.74, 6) is 0.948. The fourth-order valence-electron chi connectivity index (χ4n) is 3.14. The number of thioether (sulfide) groups is 1. The van der Waals surface area contributed by atoms with Crippen molar-refractivity contribution in [3.8, 4) is 0 Å². The van der Waals surface area contributed by atoms with Crippen molar-refractivity contribution in [2.24, 2.45) is 5.92 Å². The number of fused-ring (bicyclic) bond motifs is 1. The van der Waals surface area contributed by atoms with E-state index >= 15 is 0 Å². The predicted octanol–water partition coefficient (Wildman–Crippen LogP) is 3.27. The average Bonchev–Trinajstić information content (AvgIpc) is 3.08. The largest absolute Gasteiger partial charge is 0.355 e. The molecular weight excluding hydrogens is 342 g/mol. The van der Waals surface area contributed by atoms with Gasteiger partial charge in [-0.1, -0.05) is 31.0 Å². The third kappa shape index (κ3) is 4.00. The second-order valence-electron chi connectivity index (χ2n) is 6.18. The highest BCUT2D eigenvalue weighted by Gasteiger charge is 2.16. The van der Waals surface area contributed by atoms with Gasteiger partial charge in [-0.15, -0.1) is 11.3 Å². The Morgan fingerprint density at radius 2 is 2.21 bits per heavy atom. The Morgan fingerprint density at radius 3 is 2.96 bits per heavy atom. The van der Waals surface area contributed by atoms with Crippen LogP contribution >= 0.6 is 23.1 Å². The molecule has 0 atom stereocenters. The van der Waals surface area contributed by atoms with Gasteiger partial charge in [0.05, 0.1) is 11.3 Å². The van der Waals surface area contributed by atoms with E-state index in [2.05, 4.69) is 10.3 Å². The number of nitrogens with one attached hydrogen (secondary N) is 1. The van der Waals surface area contributed by atoms with Gasteiger partial charge in [0.2, 0.25) is 5.91 Å². The van der Waals surface area contributed by atoms with Crippen LogP contribution in [-0.2, 0) is 11.3 Å². The fraction of sp³-hybridized carbons (Fsp3) is 0.588. The Balaban J connectivity index is 1.60. The lowest BCUT2D eigenvalue weighted by Crippen LogP contribution is -2.31. The van der Waals surface area contributed by atoms with Crippen molar-refractivity contribution in [1.82, 2.24) is 14.9 Å². The average molecular weight is 366 g/mol. The molecule has 0 saturated heterocycles. The number of carbonyl (C=O) groups is 1. The third-order valence-corrected chi connectivity index (χ3v) is 6.36. The van der Waals surface area contributed by atoms with Gasteiger partial charge in [-0.25, -0.2) is 4.98 Å². The van der Waals surface area contributed by atoms with Crippen molar-refractivity contribution < 1.29 is 4.79 Å². The van der Waals surface area contributed by atoms with Gasteiger partial charge in [0.25, 0.3) is 5.56 Å². The number of aromatic nitrogens is 2. The SMILES string of the molecule is CCn1c(SCC(=O)NCC2CCCCC2)nc2ccsc2c1=O. The summed E-state index contributed by atoms with van der Waals surface area (Å²) in [5.41, 5.74) is 0.711. The van der Waals surface area contributed by atoms with Gasteiger partial charge in [-0.2, -0.15) is 0 Å². The number of rotatable bonds is 6. The fourth-order valence-corrected chi connectivity index (χ4v) is 4.81. The van der Waals surface area contributed by atoms with Gasteiger partial charge < -0.3 is 5.32 Å². The van der Waals surface area contributed by atoms with Crippen LogP contribution in [0.1, 0.15) is 39.0 Å². The van der Waals surface area contributed by atoms with Crippen LogP contribution in [0.25, 0.3) is 10.2 Å². The van der Waals surface area contributed by atoms with Crippen LogP contribution in [0.4, 0.5) is 0 Å². The summed E-state index contributed by atoms with van der Waals surface area (Å²) >= 11 is 2.76. The maximum Gasteiger partial charge on any atom is 0.272 e. The highest BCUT2D eigenvalue weighted by Crippen LogP contribution is 2.23. The van der Waals surface area contributed by atoms with Crippen LogP contribution in [-0.4, -0.2) is 27.8 Å². The van der Waals surface area contributed by atoms with Crippen molar-refractivity contribution in [2.45, 2.75) is 50.7 Å². The van der Waals surface area contributed by atoms with Crippen LogP contribution < -0.4 is 10.9 Å². The lowest BCUT2D eigenvalue weighted by atomic mass is 9.89. The molecule has 2 heterocycles. The van der Waals surface area contributed by atoms with Crippen molar-refractivity contribution in [3.05, 3.63) is 21.8 Å². The minimum atomic E-state index is -0.0115. The van der Waals surface area contributed by atoms with Crippen molar-refractivity contribution in [1.29, 1.82) is 0 Å². The van der Waals surface area contributed by atoms with Crippen molar-refractivity contribution >= 4 is 39.2 Å². The van der Waals surface area contributed by atoms with E-state index in [4.69, 9.17) is 0 Å². The molecule has 7 heteroatoms. The number of nitrogens with zero attached hydrogens (tertiary/aromatic N) is 2. The van der Waals surface area contributed by atoms with Gasteiger partial charge in [-0.3, -0.25) is 14.2 Å². The Bertz CT molecular complexity index is 763. The summed E-state index contributed by atoms with van der Waals surface area (Å²) in [5, 5.41) is 5.54. The first-order valence-electron chi connectivity index (χ1n) is 8.56. The predicted molar refractivity (Wildman–Crippen MR) is 99.9 cm³/mol. The zero-order valence-electron chi connectivity index (χ0n) is 13.9. The molecule has 0 spiro atoms. The summed E-state index contributed by atoms with van der Waals surface area (Å²) in [6.07, 6.45) is 6.33. The first-order chi connectivity index (χ1) is 11.7. The minimum absolute atomic E-state index is 0.0115. The van der Waals surface area contributed by atoms with Crippen LogP contribution in [0.15, 0.2) is 21.4 Å². The molecule has 2 aromatic heterocycles. The molecule has 0 aromatic carbocycles. The first kappa shape index (κ1) is 17.5. The molecule has 5 nitrogen and oxygen atoms in total. The highest BCUT2D eigenvalue weighted by atomic mass is 32.2. The second kappa shape index (κ2) is 8.16. The molecule has 1 aliphatic carbocycles. The minimum Gasteiger partial charge on any atom is -0.355 e. The molecule has 1 saturated carbocycles. The quantitative estimate of drug-likeness (QED) is 0.630. The molecule has 2 aromatic rings. The summed E-state index contributed by atoms with van der Waals surface area (Å²) in [7, 11) is 0. The van der Waals surface area contributed by atoms with Crippen LogP contribution in [0.5, 0.6) is 0 Å². The summed E-state index contributed by atoms with van der Waals surface area (Å²) in [6, 6.07) is 1.86. The number of amides is 1. The van der Waals surface area contributed by atoms with Crippen molar-refractivity contribution in [2.75, 3.05) is 12.3 Å². The molecule has 130 valence electrons. The van der Waals surface area contributed by atoms with Gasteiger partial charge in [0.15, 0.2) is 5.16 Å². The zero-order chi connectivity index (χ0) is 16.9. The smallest absolute Gasteiger partial charge is 0.272 e. The molecule has 0 unspecified atom stereocenters. The molecule has 1 N–H and O–H groups in total. The molecule has 0 aliphatic heterocycles. The Labute approximate surface area is 149 Å². The lowest BCUT2D eigenvalue weighted by molar-refractivity contribution is -0.118. The van der Waals surface area contributed by atoms with Gasteiger partial charge in [0, 0.05) is 13.1 Å². The molecule has 3 rings (SSSR count). The molecular formula is C17H23N3O2S2. The summed E-state index contributed by atoms with van der Waals surface area (Å²) in [6.45, 7) is 3.26. The summed E-state index contributed by atoms with van der Waals surface area (Å²) < 4.78 is 2.33. The Morgan fingerprint density at radius 1 is 1.42 bits per heavy atom. The van der Waals surface area contributed by atoms with Crippen molar-refractivity contribution in [3.63, 3.8) is 0 Å². The topological polar surface area (TPSA) is 64.0 Å². The van der Waals surface area contributed by atoms with Gasteiger partial charge in [0.1, 0.15) is 4.70 Å². The number of thiophene rings is 1. The van der Waals surface area contributed by atoms with E-state index in [1.807, 2.05) is 18.4 Å². The maximum absolute atomic E-state index is 12.4. The van der Waals surface area contributed by atoms with E-state index in [1.165, 1.54) is 55.2 Å². The van der Waals surface area contributed by atoms with E-state index in [9.17, 15) is 9.59 Å². The standard InChI is InChI=1S/C17H23N3O2S2/c1-2-20-16(22)15-13(8-9-23-15)19-17(20)24-11-14(21)18-10-12-6-4-3-5-7-12/h8-9,12H,2-7,10-11H2,1H3,(H,18,21). The number of hydrogen-bond acceptors (Lipinski definition) is 5. The molecule has 0 radical (unpaired) electrons. The van der Waals surface area contributed by atoms with Crippen LogP contribution in [0, 0.1) is 5.92 Å². The number of carbonyl (C=O) groups excluding carboxylic acids is 1. The highest BCUT2D eigenvalue weighted by molar-refractivity contribution is 7.99.